The van der Waals surface area contributed by atoms with Crippen LogP contribution in [0.1, 0.15) is 35.4 Å². The number of hydrogen-bond donors (Lipinski definition) is 1. The molecule has 0 saturated heterocycles. The average molecular weight is 350 g/mol. The molecule has 0 aliphatic carbocycles. The highest BCUT2D eigenvalue weighted by atomic mass is 16.1. The van der Waals surface area contributed by atoms with Gasteiger partial charge in [0.2, 0.25) is 5.91 Å². The van der Waals surface area contributed by atoms with Gasteiger partial charge in [0.05, 0.1) is 5.52 Å². The Bertz CT molecular complexity index is 950. The molecule has 0 unspecified atom stereocenters. The average Bonchev–Trinajstić information content (AvgIpc) is 3.18. The van der Waals surface area contributed by atoms with Crippen molar-refractivity contribution >= 4 is 16.8 Å². The standard InChI is InChI=1S/C21H26N4O/c1-15-8-12-23-25(15)14-10-20(26)22-11-9-18-16(2)24-13-4-6-17-5-3-7-19(18)21(17)24/h3,5,7-8,12H,4,6,9-11,13-14H2,1-2H3,(H,22,26). The quantitative estimate of drug-likeness (QED) is 0.742. The van der Waals surface area contributed by atoms with Gasteiger partial charge in [0, 0.05) is 49.0 Å². The van der Waals surface area contributed by atoms with Gasteiger partial charge in [0.15, 0.2) is 0 Å². The van der Waals surface area contributed by atoms with Crippen molar-refractivity contribution in [1.29, 1.82) is 0 Å². The monoisotopic (exact) mass is 350 g/mol. The third kappa shape index (κ3) is 3.02. The molecule has 136 valence electrons. The second kappa shape index (κ2) is 6.98. The van der Waals surface area contributed by atoms with E-state index in [0.717, 1.165) is 18.7 Å². The molecule has 1 N–H and O–H groups in total. The lowest BCUT2D eigenvalue weighted by atomic mass is 10.0. The Balaban J connectivity index is 1.39. The Morgan fingerprint density at radius 1 is 1.27 bits per heavy atom. The second-order valence-corrected chi connectivity index (χ2v) is 7.18. The van der Waals surface area contributed by atoms with Gasteiger partial charge in [-0.3, -0.25) is 9.48 Å². The van der Waals surface area contributed by atoms with Crippen molar-refractivity contribution in [3.05, 3.63) is 53.0 Å². The molecule has 1 aliphatic heterocycles. The predicted molar refractivity (Wildman–Crippen MR) is 103 cm³/mol. The van der Waals surface area contributed by atoms with E-state index in [2.05, 4.69) is 40.1 Å². The molecule has 5 heteroatoms. The van der Waals surface area contributed by atoms with E-state index in [-0.39, 0.29) is 5.91 Å². The number of aromatic nitrogens is 3. The van der Waals surface area contributed by atoms with Crippen LogP contribution in [0, 0.1) is 13.8 Å². The summed E-state index contributed by atoms with van der Waals surface area (Å²) < 4.78 is 4.33. The lowest BCUT2D eigenvalue weighted by Crippen LogP contribution is -2.27. The molecule has 0 fully saturated rings. The van der Waals surface area contributed by atoms with Gasteiger partial charge < -0.3 is 9.88 Å². The Hall–Kier alpha value is -2.56. The molecule has 3 aromatic rings. The molecule has 0 bridgehead atoms. The van der Waals surface area contributed by atoms with Crippen molar-refractivity contribution in [2.24, 2.45) is 0 Å². The Kier molecular flexibility index (Phi) is 4.53. The van der Waals surface area contributed by atoms with Crippen LogP contribution in [-0.4, -0.2) is 26.8 Å². The molecule has 26 heavy (non-hydrogen) atoms. The fourth-order valence-corrected chi connectivity index (χ4v) is 4.16. The van der Waals surface area contributed by atoms with Crippen LogP contribution in [-0.2, 0) is 30.7 Å². The van der Waals surface area contributed by atoms with Crippen molar-refractivity contribution in [2.45, 2.75) is 52.6 Å². The molecule has 2 aromatic heterocycles. The summed E-state index contributed by atoms with van der Waals surface area (Å²) in [6, 6.07) is 8.60. The largest absolute Gasteiger partial charge is 0.356 e. The van der Waals surface area contributed by atoms with Crippen molar-refractivity contribution in [2.75, 3.05) is 6.54 Å². The Morgan fingerprint density at radius 2 is 2.15 bits per heavy atom. The predicted octanol–water partition coefficient (Wildman–Crippen LogP) is 3.15. The molecular formula is C21H26N4O. The minimum absolute atomic E-state index is 0.0892. The van der Waals surface area contributed by atoms with Crippen LogP contribution in [0.25, 0.3) is 10.9 Å². The lowest BCUT2D eigenvalue weighted by Gasteiger charge is -2.16. The third-order valence-electron chi connectivity index (χ3n) is 5.56. The highest BCUT2D eigenvalue weighted by molar-refractivity contribution is 5.88. The molecular weight excluding hydrogens is 324 g/mol. The Labute approximate surface area is 154 Å². The van der Waals surface area contributed by atoms with Crippen LogP contribution in [0.15, 0.2) is 30.5 Å². The number of para-hydroxylation sites is 1. The number of carbonyl (C=O) groups excluding carboxylic acids is 1. The number of aryl methyl sites for hydroxylation is 4. The van der Waals surface area contributed by atoms with Crippen LogP contribution in [0.4, 0.5) is 0 Å². The maximum atomic E-state index is 12.2. The number of nitrogens with one attached hydrogen (secondary N) is 1. The van der Waals surface area contributed by atoms with Gasteiger partial charge >= 0.3 is 0 Å². The molecule has 5 nitrogen and oxygen atoms in total. The van der Waals surface area contributed by atoms with Crippen LogP contribution >= 0.6 is 0 Å². The molecule has 1 aromatic carbocycles. The summed E-state index contributed by atoms with van der Waals surface area (Å²) in [7, 11) is 0. The minimum atomic E-state index is 0.0892. The number of amides is 1. The van der Waals surface area contributed by atoms with Gasteiger partial charge in [-0.25, -0.2) is 0 Å². The van der Waals surface area contributed by atoms with E-state index in [1.54, 1.807) is 6.20 Å². The smallest absolute Gasteiger partial charge is 0.221 e. The van der Waals surface area contributed by atoms with Gasteiger partial charge in [0.25, 0.3) is 0 Å². The summed E-state index contributed by atoms with van der Waals surface area (Å²) in [5.41, 5.74) is 6.69. The number of nitrogens with zero attached hydrogens (tertiary/aromatic N) is 3. The van der Waals surface area contributed by atoms with Gasteiger partial charge in [-0.2, -0.15) is 5.10 Å². The highest BCUT2D eigenvalue weighted by Crippen LogP contribution is 2.32. The van der Waals surface area contributed by atoms with E-state index >= 15 is 0 Å². The van der Waals surface area contributed by atoms with Crippen molar-refractivity contribution in [3.8, 4) is 0 Å². The summed E-state index contributed by atoms with van der Waals surface area (Å²) in [6.07, 6.45) is 5.50. The van der Waals surface area contributed by atoms with Crippen LogP contribution < -0.4 is 5.32 Å². The molecule has 1 amide bonds. The topological polar surface area (TPSA) is 51.9 Å². The first kappa shape index (κ1) is 16.9. The molecule has 0 spiro atoms. The minimum Gasteiger partial charge on any atom is -0.356 e. The fraction of sp³-hybridized carbons (Fsp3) is 0.429. The lowest BCUT2D eigenvalue weighted by molar-refractivity contribution is -0.121. The fourth-order valence-electron chi connectivity index (χ4n) is 4.16. The van der Waals surface area contributed by atoms with Crippen LogP contribution in [0.5, 0.6) is 0 Å². The van der Waals surface area contributed by atoms with E-state index < -0.39 is 0 Å². The molecule has 3 heterocycles. The number of hydrogen-bond acceptors (Lipinski definition) is 2. The normalized spacial score (nSPS) is 13.3. The third-order valence-corrected chi connectivity index (χ3v) is 5.56. The zero-order valence-electron chi connectivity index (χ0n) is 15.6. The van der Waals surface area contributed by atoms with Crippen molar-refractivity contribution in [3.63, 3.8) is 0 Å². The van der Waals surface area contributed by atoms with Crippen LogP contribution in [0.3, 0.4) is 0 Å². The second-order valence-electron chi connectivity index (χ2n) is 7.18. The number of carbonyl (C=O) groups is 1. The first-order chi connectivity index (χ1) is 12.6. The van der Waals surface area contributed by atoms with Crippen molar-refractivity contribution < 1.29 is 4.79 Å². The zero-order chi connectivity index (χ0) is 18.1. The number of rotatable bonds is 6. The summed E-state index contributed by atoms with van der Waals surface area (Å²) >= 11 is 0. The van der Waals surface area contributed by atoms with Gasteiger partial charge in [-0.1, -0.05) is 18.2 Å². The summed E-state index contributed by atoms with van der Waals surface area (Å²) in [4.78, 5) is 12.2. The molecule has 0 radical (unpaired) electrons. The molecule has 0 atom stereocenters. The first-order valence-corrected chi connectivity index (χ1v) is 9.50. The molecule has 4 rings (SSSR count). The summed E-state index contributed by atoms with van der Waals surface area (Å²) in [5.74, 6) is 0.0892. The SMILES string of the molecule is Cc1ccnn1CCC(=O)NCCc1c(C)n2c3c(cccc13)CCC2. The highest BCUT2D eigenvalue weighted by Gasteiger charge is 2.19. The first-order valence-electron chi connectivity index (χ1n) is 9.50. The van der Waals surface area contributed by atoms with Gasteiger partial charge in [-0.05, 0) is 50.3 Å². The molecule has 1 aliphatic rings. The van der Waals surface area contributed by atoms with Crippen molar-refractivity contribution in [1.82, 2.24) is 19.7 Å². The zero-order valence-corrected chi connectivity index (χ0v) is 15.6. The van der Waals surface area contributed by atoms with E-state index in [1.807, 2.05) is 17.7 Å². The van der Waals surface area contributed by atoms with E-state index in [1.165, 1.54) is 40.6 Å². The van der Waals surface area contributed by atoms with E-state index in [4.69, 9.17) is 0 Å². The summed E-state index contributed by atoms with van der Waals surface area (Å²) in [6.45, 7) is 6.64. The maximum Gasteiger partial charge on any atom is 0.221 e. The summed E-state index contributed by atoms with van der Waals surface area (Å²) in [5, 5.41) is 8.66. The van der Waals surface area contributed by atoms with E-state index in [0.29, 0.717) is 19.5 Å². The Morgan fingerprint density at radius 3 is 2.96 bits per heavy atom. The number of benzene rings is 1. The van der Waals surface area contributed by atoms with Crippen LogP contribution in [0.2, 0.25) is 0 Å². The van der Waals surface area contributed by atoms with Gasteiger partial charge in [-0.15, -0.1) is 0 Å². The van der Waals surface area contributed by atoms with E-state index in [9.17, 15) is 4.79 Å². The van der Waals surface area contributed by atoms with Gasteiger partial charge in [0.1, 0.15) is 0 Å². The maximum absolute atomic E-state index is 12.2. The molecule has 0 saturated carbocycles.